The van der Waals surface area contributed by atoms with Crippen molar-refractivity contribution in [3.8, 4) is 0 Å². The van der Waals surface area contributed by atoms with Crippen molar-refractivity contribution in [3.63, 3.8) is 0 Å². The second kappa shape index (κ2) is 19.7. The van der Waals surface area contributed by atoms with Gasteiger partial charge in [-0.3, -0.25) is 9.69 Å². The van der Waals surface area contributed by atoms with Crippen molar-refractivity contribution >= 4 is 5.91 Å². The van der Waals surface area contributed by atoms with Crippen LogP contribution in [0.4, 0.5) is 0 Å². The average Bonchev–Trinajstić information content (AvgIpc) is 2.64. The lowest BCUT2D eigenvalue weighted by Gasteiger charge is -2.27. The van der Waals surface area contributed by atoms with Crippen LogP contribution in [0.5, 0.6) is 0 Å². The molecule has 0 aliphatic carbocycles. The summed E-state index contributed by atoms with van der Waals surface area (Å²) in [6.45, 7) is 6.70. The fraction of sp³-hybridized carbons (Fsp3) is 0.957. The van der Waals surface area contributed by atoms with Crippen LogP contribution in [-0.2, 0) is 4.79 Å². The highest BCUT2D eigenvalue weighted by Crippen LogP contribution is 2.13. The molecule has 0 saturated carbocycles. The second-order valence-electron chi connectivity index (χ2n) is 8.20. The molecule has 28 heavy (non-hydrogen) atoms. The van der Waals surface area contributed by atoms with Crippen molar-refractivity contribution in [2.45, 2.75) is 130 Å². The quantitative estimate of drug-likeness (QED) is 0.200. The molecule has 168 valence electrons. The minimum Gasteiger partial charge on any atom is -0.379 e. The Morgan fingerprint density at radius 2 is 1.18 bits per heavy atom. The summed E-state index contributed by atoms with van der Waals surface area (Å²) in [5, 5.41) is 22.0. The predicted octanol–water partition coefficient (Wildman–Crippen LogP) is 4.95. The van der Waals surface area contributed by atoms with Crippen LogP contribution in [0.15, 0.2) is 0 Å². The lowest BCUT2D eigenvalue weighted by atomic mass is 10.0. The van der Waals surface area contributed by atoms with E-state index in [1.807, 2.05) is 0 Å². The number of unbranched alkanes of at least 4 members (excludes halogenated alkanes) is 12. The standard InChI is InChI=1S/C23H48N2O3/c1-4-5-6-7-8-9-10-11-12-13-14-15-16-18-23(28)24-19-17-20-25(21(2)26)22(3)27/h21-22,26-27H,4-20H2,1-3H3,(H,24,28). The number of hydrogen-bond acceptors (Lipinski definition) is 4. The molecular weight excluding hydrogens is 352 g/mol. The van der Waals surface area contributed by atoms with E-state index in [2.05, 4.69) is 12.2 Å². The lowest BCUT2D eigenvalue weighted by Crippen LogP contribution is -2.41. The van der Waals surface area contributed by atoms with E-state index in [0.29, 0.717) is 19.5 Å². The molecule has 0 saturated heterocycles. The van der Waals surface area contributed by atoms with Crippen LogP contribution in [0.3, 0.4) is 0 Å². The monoisotopic (exact) mass is 400 g/mol. The molecule has 0 spiro atoms. The second-order valence-corrected chi connectivity index (χ2v) is 8.20. The van der Waals surface area contributed by atoms with Crippen LogP contribution in [0.1, 0.15) is 117 Å². The van der Waals surface area contributed by atoms with Gasteiger partial charge in [-0.05, 0) is 26.7 Å². The Kier molecular flexibility index (Phi) is 19.2. The normalized spacial score (nSPS) is 13.6. The van der Waals surface area contributed by atoms with Crippen LogP contribution in [0.2, 0.25) is 0 Å². The molecule has 0 aliphatic heterocycles. The summed E-state index contributed by atoms with van der Waals surface area (Å²) >= 11 is 0. The largest absolute Gasteiger partial charge is 0.379 e. The Morgan fingerprint density at radius 3 is 1.61 bits per heavy atom. The number of hydrogen-bond donors (Lipinski definition) is 3. The van der Waals surface area contributed by atoms with E-state index in [-0.39, 0.29) is 5.91 Å². The van der Waals surface area contributed by atoms with Crippen molar-refractivity contribution < 1.29 is 15.0 Å². The minimum absolute atomic E-state index is 0.115. The molecule has 0 aromatic carbocycles. The van der Waals surface area contributed by atoms with Crippen LogP contribution in [-0.4, -0.2) is 46.6 Å². The third-order valence-electron chi connectivity index (χ3n) is 5.38. The Bertz CT molecular complexity index is 341. The molecule has 5 heteroatoms. The highest BCUT2D eigenvalue weighted by molar-refractivity contribution is 5.75. The Balaban J connectivity index is 3.35. The van der Waals surface area contributed by atoms with Crippen molar-refractivity contribution in [2.24, 2.45) is 0 Å². The first-order chi connectivity index (χ1) is 13.5. The number of carbonyl (C=O) groups excluding carboxylic acids is 1. The van der Waals surface area contributed by atoms with Gasteiger partial charge in [0.1, 0.15) is 12.5 Å². The summed E-state index contributed by atoms with van der Waals surface area (Å²) in [7, 11) is 0. The zero-order valence-corrected chi connectivity index (χ0v) is 18.9. The Morgan fingerprint density at radius 1 is 0.750 bits per heavy atom. The molecule has 0 heterocycles. The van der Waals surface area contributed by atoms with E-state index >= 15 is 0 Å². The Hall–Kier alpha value is -0.650. The molecule has 0 fully saturated rings. The van der Waals surface area contributed by atoms with Gasteiger partial charge in [0.2, 0.25) is 5.91 Å². The molecule has 0 bridgehead atoms. The van der Waals surface area contributed by atoms with Crippen molar-refractivity contribution in [1.82, 2.24) is 10.2 Å². The van der Waals surface area contributed by atoms with Gasteiger partial charge in [-0.2, -0.15) is 0 Å². The fourth-order valence-corrected chi connectivity index (χ4v) is 3.57. The van der Waals surface area contributed by atoms with Crippen molar-refractivity contribution in [2.75, 3.05) is 13.1 Å². The van der Waals surface area contributed by atoms with Gasteiger partial charge in [0.15, 0.2) is 0 Å². The molecule has 0 aromatic rings. The van der Waals surface area contributed by atoms with Crippen LogP contribution in [0.25, 0.3) is 0 Å². The lowest BCUT2D eigenvalue weighted by molar-refractivity contribution is -0.121. The number of aliphatic hydroxyl groups is 2. The molecule has 1 amide bonds. The summed E-state index contributed by atoms with van der Waals surface area (Å²) in [5.41, 5.74) is 0. The average molecular weight is 401 g/mol. The third-order valence-corrected chi connectivity index (χ3v) is 5.38. The summed E-state index contributed by atoms with van der Waals surface area (Å²) in [6, 6.07) is 0. The van der Waals surface area contributed by atoms with Gasteiger partial charge in [0.25, 0.3) is 0 Å². The summed E-state index contributed by atoms with van der Waals surface area (Å²) in [4.78, 5) is 13.4. The van der Waals surface area contributed by atoms with E-state index in [1.165, 1.54) is 70.6 Å². The highest BCUT2D eigenvalue weighted by atomic mass is 16.3. The number of amides is 1. The fourth-order valence-electron chi connectivity index (χ4n) is 3.57. The molecule has 2 unspecified atom stereocenters. The highest BCUT2D eigenvalue weighted by Gasteiger charge is 2.15. The molecule has 2 atom stereocenters. The van der Waals surface area contributed by atoms with Gasteiger partial charge in [-0.25, -0.2) is 0 Å². The first-order valence-corrected chi connectivity index (χ1v) is 11.9. The van der Waals surface area contributed by atoms with E-state index in [0.717, 1.165) is 19.3 Å². The maximum atomic E-state index is 11.8. The molecular formula is C23H48N2O3. The van der Waals surface area contributed by atoms with Gasteiger partial charge < -0.3 is 15.5 Å². The first-order valence-electron chi connectivity index (χ1n) is 11.9. The summed E-state index contributed by atoms with van der Waals surface area (Å²) < 4.78 is 0. The summed E-state index contributed by atoms with van der Waals surface area (Å²) in [6.07, 6.45) is 17.0. The number of carbonyl (C=O) groups is 1. The number of rotatable bonds is 20. The van der Waals surface area contributed by atoms with Gasteiger partial charge in [-0.1, -0.05) is 84.0 Å². The maximum Gasteiger partial charge on any atom is 0.219 e. The van der Waals surface area contributed by atoms with E-state index in [4.69, 9.17) is 0 Å². The van der Waals surface area contributed by atoms with Crippen molar-refractivity contribution in [1.29, 1.82) is 0 Å². The molecule has 0 aromatic heterocycles. The number of nitrogens with one attached hydrogen (secondary N) is 1. The van der Waals surface area contributed by atoms with Crippen LogP contribution >= 0.6 is 0 Å². The van der Waals surface area contributed by atoms with Gasteiger partial charge in [0.05, 0.1) is 0 Å². The molecule has 0 radical (unpaired) electrons. The molecule has 3 N–H and O–H groups in total. The third kappa shape index (κ3) is 17.4. The smallest absolute Gasteiger partial charge is 0.219 e. The van der Waals surface area contributed by atoms with Gasteiger partial charge in [-0.15, -0.1) is 0 Å². The minimum atomic E-state index is -0.679. The van der Waals surface area contributed by atoms with Gasteiger partial charge >= 0.3 is 0 Å². The Labute approximate surface area is 174 Å². The van der Waals surface area contributed by atoms with E-state index < -0.39 is 12.5 Å². The predicted molar refractivity (Wildman–Crippen MR) is 118 cm³/mol. The first kappa shape index (κ1) is 27.4. The van der Waals surface area contributed by atoms with E-state index in [9.17, 15) is 15.0 Å². The zero-order chi connectivity index (χ0) is 21.0. The van der Waals surface area contributed by atoms with Gasteiger partial charge in [0, 0.05) is 19.5 Å². The molecule has 0 aliphatic rings. The van der Waals surface area contributed by atoms with Crippen LogP contribution in [0, 0.1) is 0 Å². The summed E-state index contributed by atoms with van der Waals surface area (Å²) in [5.74, 6) is 0.115. The molecule has 0 rings (SSSR count). The topological polar surface area (TPSA) is 72.8 Å². The molecule has 5 nitrogen and oxygen atoms in total. The van der Waals surface area contributed by atoms with E-state index in [1.54, 1.807) is 18.7 Å². The number of aliphatic hydroxyl groups excluding tert-OH is 2. The maximum absolute atomic E-state index is 11.8. The number of nitrogens with zero attached hydrogens (tertiary/aromatic N) is 1. The zero-order valence-electron chi connectivity index (χ0n) is 18.9. The SMILES string of the molecule is CCCCCCCCCCCCCCCC(=O)NCCCN(C(C)O)C(C)O. The van der Waals surface area contributed by atoms with Crippen LogP contribution < -0.4 is 5.32 Å². The van der Waals surface area contributed by atoms with Crippen molar-refractivity contribution in [3.05, 3.63) is 0 Å².